The smallest absolute Gasteiger partial charge is 0.317 e. The van der Waals surface area contributed by atoms with Gasteiger partial charge in [-0.25, -0.2) is 14.2 Å². The Labute approximate surface area is 180 Å². The first-order valence-electron chi connectivity index (χ1n) is 10.7. The first kappa shape index (κ1) is 21.1. The molecule has 2 aliphatic heterocycles. The Balaban J connectivity index is 1.38. The molecule has 0 saturated carbocycles. The number of nitrogens with one attached hydrogen (secondary N) is 2. The van der Waals surface area contributed by atoms with E-state index < -0.39 is 5.97 Å². The Morgan fingerprint density at radius 3 is 2.97 bits per heavy atom. The van der Waals surface area contributed by atoms with Crippen LogP contribution in [0.5, 0.6) is 0 Å². The molecule has 0 radical (unpaired) electrons. The second kappa shape index (κ2) is 9.32. The molecule has 3 heterocycles. The molecule has 4 rings (SSSR count). The lowest BCUT2D eigenvalue weighted by molar-refractivity contribution is -0.137. The van der Waals surface area contributed by atoms with Crippen LogP contribution in [-0.2, 0) is 24.2 Å². The molecule has 3 N–H and O–H groups in total. The maximum Gasteiger partial charge on any atom is 0.317 e. The molecule has 1 aromatic carbocycles. The Morgan fingerprint density at radius 1 is 1.26 bits per heavy atom. The number of aryl methyl sites for hydroxylation is 1. The summed E-state index contributed by atoms with van der Waals surface area (Å²) in [5.74, 6) is -0.587. The molecule has 1 atom stereocenters. The molecule has 0 saturated heterocycles. The summed E-state index contributed by atoms with van der Waals surface area (Å²) >= 11 is 0. The van der Waals surface area contributed by atoms with Gasteiger partial charge in [-0.15, -0.1) is 0 Å². The molecule has 0 bridgehead atoms. The highest BCUT2D eigenvalue weighted by atomic mass is 19.1. The van der Waals surface area contributed by atoms with E-state index >= 15 is 0 Å². The van der Waals surface area contributed by atoms with Crippen molar-refractivity contribution in [3.8, 4) is 0 Å². The predicted molar refractivity (Wildman–Crippen MR) is 115 cm³/mol. The van der Waals surface area contributed by atoms with Crippen molar-refractivity contribution in [1.29, 1.82) is 0 Å². The Kier molecular flexibility index (Phi) is 6.34. The number of aliphatic carboxylic acids is 1. The van der Waals surface area contributed by atoms with Crippen molar-refractivity contribution in [3.05, 3.63) is 58.5 Å². The Morgan fingerprint density at radius 2 is 2.13 bits per heavy atom. The second-order valence-electron chi connectivity index (χ2n) is 8.17. The van der Waals surface area contributed by atoms with E-state index in [-0.39, 0.29) is 30.7 Å². The van der Waals surface area contributed by atoms with Gasteiger partial charge in [0.25, 0.3) is 0 Å². The van der Waals surface area contributed by atoms with E-state index in [4.69, 9.17) is 0 Å². The average Bonchev–Trinajstić information content (AvgIpc) is 2.92. The lowest BCUT2D eigenvalue weighted by atomic mass is 9.90. The quantitative estimate of drug-likeness (QED) is 0.682. The summed E-state index contributed by atoms with van der Waals surface area (Å²) in [6.45, 7) is 2.05. The normalized spacial score (nSPS) is 17.7. The summed E-state index contributed by atoms with van der Waals surface area (Å²) in [7, 11) is 0. The number of hydrogen-bond acceptors (Lipinski definition) is 4. The van der Waals surface area contributed by atoms with Gasteiger partial charge in [0.1, 0.15) is 11.6 Å². The highest BCUT2D eigenvalue weighted by molar-refractivity contribution is 5.74. The number of rotatable bonds is 5. The van der Waals surface area contributed by atoms with Crippen LogP contribution in [0.3, 0.4) is 0 Å². The fourth-order valence-corrected chi connectivity index (χ4v) is 4.37. The van der Waals surface area contributed by atoms with E-state index in [0.29, 0.717) is 31.5 Å². The molecule has 0 fully saturated rings. The van der Waals surface area contributed by atoms with Gasteiger partial charge >= 0.3 is 12.0 Å². The van der Waals surface area contributed by atoms with Crippen LogP contribution in [0.4, 0.5) is 15.0 Å². The van der Waals surface area contributed by atoms with Crippen LogP contribution in [0, 0.1) is 5.82 Å². The van der Waals surface area contributed by atoms with E-state index in [0.717, 1.165) is 36.5 Å². The van der Waals surface area contributed by atoms with Gasteiger partial charge in [0.2, 0.25) is 0 Å². The van der Waals surface area contributed by atoms with E-state index in [9.17, 15) is 19.1 Å². The van der Waals surface area contributed by atoms with E-state index in [1.807, 2.05) is 6.07 Å². The van der Waals surface area contributed by atoms with Crippen LogP contribution in [0.1, 0.15) is 47.6 Å². The summed E-state index contributed by atoms with van der Waals surface area (Å²) in [4.78, 5) is 30.3. The molecule has 2 aliphatic rings. The largest absolute Gasteiger partial charge is 0.481 e. The molecule has 1 unspecified atom stereocenters. The average molecular weight is 426 g/mol. The zero-order valence-electron chi connectivity index (χ0n) is 17.4. The fourth-order valence-electron chi connectivity index (χ4n) is 4.37. The lowest BCUT2D eigenvalue weighted by Gasteiger charge is -2.22. The number of fused-ring (bicyclic) bond motifs is 2. The fraction of sp³-hybridized carbons (Fsp3) is 0.435. The number of carbonyl (C=O) groups excluding carboxylic acids is 1. The predicted octanol–water partition coefficient (Wildman–Crippen LogP) is 3.30. The first-order chi connectivity index (χ1) is 15.0. The highest BCUT2D eigenvalue weighted by Gasteiger charge is 2.26. The number of hydrogen-bond donors (Lipinski definition) is 3. The van der Waals surface area contributed by atoms with Crippen LogP contribution in [-0.4, -0.2) is 46.6 Å². The minimum atomic E-state index is -0.898. The van der Waals surface area contributed by atoms with Crippen molar-refractivity contribution in [2.24, 2.45) is 0 Å². The number of nitrogens with zero attached hydrogens (tertiary/aromatic N) is 2. The number of halogens is 1. The number of urea groups is 1. The molecule has 164 valence electrons. The third-order valence-corrected chi connectivity index (χ3v) is 5.97. The Bertz CT molecular complexity index is 981. The van der Waals surface area contributed by atoms with Crippen molar-refractivity contribution in [1.82, 2.24) is 15.2 Å². The van der Waals surface area contributed by atoms with Crippen molar-refractivity contribution in [2.75, 3.05) is 25.0 Å². The maximum atomic E-state index is 13.8. The third kappa shape index (κ3) is 5.13. The summed E-state index contributed by atoms with van der Waals surface area (Å²) < 4.78 is 13.8. The first-order valence-corrected chi connectivity index (χ1v) is 10.7. The van der Waals surface area contributed by atoms with Gasteiger partial charge in [-0.3, -0.25) is 4.79 Å². The number of benzene rings is 1. The SMILES string of the molecule is O=C(O)CC1CCN(C(=O)NCCc2ccc3c(n2)NCCC3)Cc2cc(F)ccc21. The second-order valence-corrected chi connectivity index (χ2v) is 8.17. The van der Waals surface area contributed by atoms with Gasteiger partial charge < -0.3 is 20.6 Å². The van der Waals surface area contributed by atoms with Gasteiger partial charge in [0.05, 0.1) is 6.42 Å². The monoisotopic (exact) mass is 426 g/mol. The van der Waals surface area contributed by atoms with Gasteiger partial charge in [0, 0.05) is 38.3 Å². The number of amides is 2. The van der Waals surface area contributed by atoms with Gasteiger partial charge in [-0.1, -0.05) is 12.1 Å². The van der Waals surface area contributed by atoms with Crippen molar-refractivity contribution >= 4 is 17.8 Å². The van der Waals surface area contributed by atoms with E-state index in [1.165, 1.54) is 17.7 Å². The standard InChI is InChI=1S/C23H27FN4O3/c24-18-4-6-20-16(13-21(29)30)8-11-28(14-17(20)12-18)23(31)26-10-7-19-5-3-15-2-1-9-25-22(15)27-19/h3-6,12,16H,1-2,7-11,13-14H2,(H,25,27)(H,26,31)(H,29,30). The summed E-state index contributed by atoms with van der Waals surface area (Å²) in [5, 5.41) is 15.5. The van der Waals surface area contributed by atoms with Crippen LogP contribution >= 0.6 is 0 Å². The number of carbonyl (C=O) groups is 2. The van der Waals surface area contributed by atoms with Crippen molar-refractivity contribution < 1.29 is 19.1 Å². The number of aromatic nitrogens is 1. The molecular weight excluding hydrogens is 399 g/mol. The number of anilines is 1. The molecule has 0 aliphatic carbocycles. The minimum Gasteiger partial charge on any atom is -0.481 e. The van der Waals surface area contributed by atoms with Gasteiger partial charge in [-0.2, -0.15) is 0 Å². The van der Waals surface area contributed by atoms with Crippen LogP contribution in [0.25, 0.3) is 0 Å². The van der Waals surface area contributed by atoms with E-state index in [2.05, 4.69) is 21.7 Å². The minimum absolute atomic E-state index is 0.0356. The molecular formula is C23H27FN4O3. The lowest BCUT2D eigenvalue weighted by Crippen LogP contribution is -2.40. The number of carboxylic acids is 1. The molecule has 2 aromatic rings. The summed E-state index contributed by atoms with van der Waals surface area (Å²) in [6, 6.07) is 8.26. The molecule has 7 nitrogen and oxygen atoms in total. The molecule has 8 heteroatoms. The van der Waals surface area contributed by atoms with E-state index in [1.54, 1.807) is 11.0 Å². The van der Waals surface area contributed by atoms with Crippen LogP contribution < -0.4 is 10.6 Å². The number of pyridine rings is 1. The molecule has 1 aromatic heterocycles. The summed E-state index contributed by atoms with van der Waals surface area (Å²) in [5.41, 5.74) is 3.62. The molecule has 2 amide bonds. The third-order valence-electron chi connectivity index (χ3n) is 5.97. The zero-order chi connectivity index (χ0) is 21.8. The maximum absolute atomic E-state index is 13.8. The highest BCUT2D eigenvalue weighted by Crippen LogP contribution is 2.31. The van der Waals surface area contributed by atoms with Gasteiger partial charge in [-0.05, 0) is 60.1 Å². The van der Waals surface area contributed by atoms with Crippen molar-refractivity contribution in [2.45, 2.75) is 44.6 Å². The molecule has 31 heavy (non-hydrogen) atoms. The zero-order valence-corrected chi connectivity index (χ0v) is 17.4. The van der Waals surface area contributed by atoms with Crippen molar-refractivity contribution in [3.63, 3.8) is 0 Å². The van der Waals surface area contributed by atoms with Gasteiger partial charge in [0.15, 0.2) is 0 Å². The Hall–Kier alpha value is -3.16. The van der Waals surface area contributed by atoms with Crippen LogP contribution in [0.2, 0.25) is 0 Å². The number of carboxylic acid groups (broad SMARTS) is 1. The molecule has 0 spiro atoms. The topological polar surface area (TPSA) is 94.6 Å². The summed E-state index contributed by atoms with van der Waals surface area (Å²) in [6.07, 6.45) is 3.25. The van der Waals surface area contributed by atoms with Crippen LogP contribution in [0.15, 0.2) is 30.3 Å².